The molecule has 0 bridgehead atoms. The molecule has 1 aromatic heterocycles. The molecule has 65 heavy (non-hydrogen) atoms. The molecule has 10 rings (SSSR count). The average Bonchev–Trinajstić information content (AvgIpc) is 3.59. The van der Waals surface area contributed by atoms with E-state index < -0.39 is 0 Å². The molecular formula is C61H65BN2O. The second kappa shape index (κ2) is 14.5. The summed E-state index contributed by atoms with van der Waals surface area (Å²) in [7, 11) is 0. The van der Waals surface area contributed by atoms with E-state index in [0.717, 1.165) is 21.9 Å². The van der Waals surface area contributed by atoms with E-state index in [2.05, 4.69) is 235 Å². The first kappa shape index (κ1) is 42.9. The Hall–Kier alpha value is -6.00. The molecule has 2 aliphatic rings. The van der Waals surface area contributed by atoms with Crippen molar-refractivity contribution in [1.29, 1.82) is 0 Å². The van der Waals surface area contributed by atoms with Crippen molar-refractivity contribution in [2.24, 2.45) is 0 Å². The van der Waals surface area contributed by atoms with Crippen LogP contribution in [0.15, 0.2) is 126 Å². The minimum Gasteiger partial charge on any atom is -0.455 e. The SMILES string of the molecule is Cc1ccc2oc3c4c5c(cc3c2c1)N(c1cc(C(C)(C)C)cc(C(C)(C)C)c1)c1cc(-c2c(C)cccc2C)ccc1B5N(c1ccc(C(C)(C)C)cc1)c1ccc(C(C)(C)C)cc1-4. The van der Waals surface area contributed by atoms with Crippen LogP contribution in [0, 0.1) is 20.8 Å². The van der Waals surface area contributed by atoms with Crippen LogP contribution in [0.1, 0.15) is 122 Å². The van der Waals surface area contributed by atoms with Gasteiger partial charge in [0.1, 0.15) is 11.2 Å². The van der Waals surface area contributed by atoms with Crippen molar-refractivity contribution >= 4 is 68.1 Å². The maximum Gasteiger partial charge on any atom is 0.333 e. The van der Waals surface area contributed by atoms with Gasteiger partial charge in [-0.2, -0.15) is 0 Å². The summed E-state index contributed by atoms with van der Waals surface area (Å²) >= 11 is 0. The van der Waals surface area contributed by atoms with Gasteiger partial charge in [-0.1, -0.05) is 149 Å². The number of benzene rings is 7. The van der Waals surface area contributed by atoms with Gasteiger partial charge in [-0.25, -0.2) is 0 Å². The van der Waals surface area contributed by atoms with E-state index in [0.29, 0.717) is 0 Å². The number of fused-ring (bicyclic) bond motifs is 8. The third-order valence-corrected chi connectivity index (χ3v) is 14.4. The molecule has 0 aliphatic carbocycles. The number of hydrogen-bond acceptors (Lipinski definition) is 3. The lowest BCUT2D eigenvalue weighted by atomic mass is 9.43. The Balaban J connectivity index is 1.40. The Bertz CT molecular complexity index is 3180. The van der Waals surface area contributed by atoms with Gasteiger partial charge >= 0.3 is 6.85 Å². The molecule has 0 spiro atoms. The fraction of sp³-hybridized carbons (Fsp3) is 0.311. The van der Waals surface area contributed by atoms with Crippen LogP contribution < -0.4 is 20.6 Å². The number of anilines is 5. The molecule has 0 radical (unpaired) electrons. The fourth-order valence-corrected chi connectivity index (χ4v) is 10.5. The minimum absolute atomic E-state index is 0.0283. The highest BCUT2D eigenvalue weighted by molar-refractivity contribution is 6.94. The van der Waals surface area contributed by atoms with E-state index in [9.17, 15) is 0 Å². The van der Waals surface area contributed by atoms with Gasteiger partial charge in [0.25, 0.3) is 0 Å². The smallest absolute Gasteiger partial charge is 0.333 e. The van der Waals surface area contributed by atoms with E-state index in [1.165, 1.54) is 101 Å². The van der Waals surface area contributed by atoms with Gasteiger partial charge < -0.3 is 14.1 Å². The fourth-order valence-electron chi connectivity index (χ4n) is 10.5. The van der Waals surface area contributed by atoms with Gasteiger partial charge in [0, 0.05) is 50.3 Å². The third kappa shape index (κ3) is 7.02. The van der Waals surface area contributed by atoms with Crippen LogP contribution >= 0.6 is 0 Å². The molecule has 2 aliphatic heterocycles. The van der Waals surface area contributed by atoms with E-state index in [1.54, 1.807) is 0 Å². The molecule has 328 valence electrons. The van der Waals surface area contributed by atoms with E-state index in [4.69, 9.17) is 4.42 Å². The number of aryl methyl sites for hydroxylation is 3. The molecule has 0 fully saturated rings. The van der Waals surface area contributed by atoms with Crippen molar-refractivity contribution in [3.05, 3.63) is 160 Å². The molecule has 0 saturated carbocycles. The highest BCUT2D eigenvalue weighted by Gasteiger charge is 2.47. The molecular weight excluding hydrogens is 787 g/mol. The molecule has 8 aromatic rings. The lowest BCUT2D eigenvalue weighted by molar-refractivity contribution is 0.569. The van der Waals surface area contributed by atoms with Crippen molar-refractivity contribution in [2.45, 2.75) is 126 Å². The Morgan fingerprint density at radius 2 is 1.08 bits per heavy atom. The number of rotatable bonds is 3. The van der Waals surface area contributed by atoms with E-state index in [1.807, 2.05) is 0 Å². The molecule has 7 aromatic carbocycles. The van der Waals surface area contributed by atoms with E-state index in [-0.39, 0.29) is 28.5 Å². The number of hydrogen-bond donors (Lipinski definition) is 0. The van der Waals surface area contributed by atoms with Crippen LogP contribution in [0.5, 0.6) is 0 Å². The molecule has 0 saturated heterocycles. The first-order valence-electron chi connectivity index (χ1n) is 23.7. The largest absolute Gasteiger partial charge is 0.455 e. The Morgan fingerprint density at radius 1 is 0.462 bits per heavy atom. The van der Waals surface area contributed by atoms with Gasteiger partial charge in [-0.05, 0) is 159 Å². The Morgan fingerprint density at radius 3 is 1.69 bits per heavy atom. The standard InChI is InChI=1S/C61H65BN2O/c1-36-19-28-53-46(29-36)47-35-52-56-55(57(47)65-53)48-34-41(59(7,8)9)23-27-50(48)64(44-24-21-40(22-25-44)58(4,5)6)62(56)49-26-20-39(54-37(2)17-16-18-38(54)3)30-51(49)63(52)45-32-42(60(10,11)12)31-43(33-45)61(13,14)15/h16-35H,1-15H3. The maximum absolute atomic E-state index is 7.18. The van der Waals surface area contributed by atoms with Crippen molar-refractivity contribution in [3.8, 4) is 22.3 Å². The normalized spacial score (nSPS) is 14.0. The van der Waals surface area contributed by atoms with Crippen molar-refractivity contribution in [1.82, 2.24) is 0 Å². The summed E-state index contributed by atoms with van der Waals surface area (Å²) in [4.78, 5) is 5.26. The zero-order valence-electron chi connectivity index (χ0n) is 41.4. The summed E-state index contributed by atoms with van der Waals surface area (Å²) in [5.74, 6) is 0. The predicted octanol–water partition coefficient (Wildman–Crippen LogP) is 16.1. The zero-order valence-corrected chi connectivity index (χ0v) is 41.4. The number of furan rings is 1. The molecule has 0 unspecified atom stereocenters. The highest BCUT2D eigenvalue weighted by Crippen LogP contribution is 2.52. The van der Waals surface area contributed by atoms with Crippen LogP contribution in [-0.4, -0.2) is 6.85 Å². The molecule has 0 N–H and O–H groups in total. The molecule has 3 heterocycles. The van der Waals surface area contributed by atoms with Gasteiger partial charge in [0.05, 0.1) is 0 Å². The molecule has 3 nitrogen and oxygen atoms in total. The van der Waals surface area contributed by atoms with Crippen molar-refractivity contribution < 1.29 is 4.42 Å². The lowest BCUT2D eigenvalue weighted by Crippen LogP contribution is -2.61. The highest BCUT2D eigenvalue weighted by atomic mass is 16.3. The summed E-state index contributed by atoms with van der Waals surface area (Å²) in [6.07, 6.45) is 0. The van der Waals surface area contributed by atoms with Crippen LogP contribution in [0.3, 0.4) is 0 Å². The Kier molecular flexibility index (Phi) is 9.58. The number of nitrogens with zero attached hydrogens (tertiary/aromatic N) is 2. The maximum atomic E-state index is 7.18. The second-order valence-corrected chi connectivity index (χ2v) is 23.4. The minimum atomic E-state index is -0.154. The predicted molar refractivity (Wildman–Crippen MR) is 282 cm³/mol. The van der Waals surface area contributed by atoms with Gasteiger partial charge in [0.15, 0.2) is 0 Å². The van der Waals surface area contributed by atoms with E-state index >= 15 is 0 Å². The second-order valence-electron chi connectivity index (χ2n) is 23.4. The van der Waals surface area contributed by atoms with Gasteiger partial charge in [-0.15, -0.1) is 0 Å². The third-order valence-electron chi connectivity index (χ3n) is 14.4. The summed E-state index contributed by atoms with van der Waals surface area (Å²) in [5.41, 5.74) is 24.2. The van der Waals surface area contributed by atoms with Crippen molar-refractivity contribution in [3.63, 3.8) is 0 Å². The summed E-state index contributed by atoms with van der Waals surface area (Å²) in [5, 5.41) is 2.30. The lowest BCUT2D eigenvalue weighted by Gasteiger charge is -2.46. The van der Waals surface area contributed by atoms with Crippen molar-refractivity contribution in [2.75, 3.05) is 9.71 Å². The first-order chi connectivity index (χ1) is 30.5. The summed E-state index contributed by atoms with van der Waals surface area (Å²) < 4.78 is 7.18. The summed E-state index contributed by atoms with van der Waals surface area (Å²) in [6, 6.07) is 47.1. The molecule has 4 heteroatoms. The van der Waals surface area contributed by atoms with Crippen LogP contribution in [0.4, 0.5) is 28.4 Å². The Labute approximate surface area is 388 Å². The zero-order chi connectivity index (χ0) is 46.3. The summed E-state index contributed by atoms with van der Waals surface area (Å²) in [6.45, 7) is 34.5. The van der Waals surface area contributed by atoms with Gasteiger partial charge in [0.2, 0.25) is 0 Å². The van der Waals surface area contributed by atoms with Gasteiger partial charge in [-0.3, -0.25) is 0 Å². The van der Waals surface area contributed by atoms with Crippen LogP contribution in [0.2, 0.25) is 0 Å². The average molecular weight is 853 g/mol. The molecule has 0 amide bonds. The molecule has 0 atom stereocenters. The van der Waals surface area contributed by atoms with Crippen LogP contribution in [-0.2, 0) is 21.7 Å². The first-order valence-corrected chi connectivity index (χ1v) is 23.7. The quantitative estimate of drug-likeness (QED) is 0.165. The van der Waals surface area contributed by atoms with Crippen LogP contribution in [0.25, 0.3) is 44.2 Å². The monoisotopic (exact) mass is 853 g/mol. The topological polar surface area (TPSA) is 19.6 Å².